The molecule has 17 heteroatoms. The van der Waals surface area contributed by atoms with E-state index in [0.29, 0.717) is 32.3 Å². The summed E-state index contributed by atoms with van der Waals surface area (Å²) in [6.45, 7) is 0. The second-order valence-electron chi connectivity index (χ2n) is 12.2. The van der Waals surface area contributed by atoms with Gasteiger partial charge in [-0.15, -0.1) is 0 Å². The molecule has 0 unspecified atom stereocenters. The van der Waals surface area contributed by atoms with Crippen molar-refractivity contribution in [3.8, 4) is 0 Å². The van der Waals surface area contributed by atoms with Crippen molar-refractivity contribution in [2.75, 3.05) is 0 Å². The lowest BCUT2D eigenvalue weighted by Gasteiger charge is -2.20. The third kappa shape index (κ3) is 25.0. The number of benzene rings is 7. The zero-order valence-electron chi connectivity index (χ0n) is 31.8. The zero-order chi connectivity index (χ0) is 46.1. The lowest BCUT2D eigenvalue weighted by molar-refractivity contribution is 0.103. The molecule has 0 atom stereocenters. The number of carbonyl (C=O) groups is 1. The molecule has 0 saturated carbocycles. The fourth-order valence-corrected chi connectivity index (χ4v) is 6.16. The average Bonchev–Trinajstić information content (AvgIpc) is 3.22. The predicted molar refractivity (Wildman–Crippen MR) is 285 cm³/mol. The topological polar surface area (TPSA) is 48.6 Å². The van der Waals surface area contributed by atoms with Gasteiger partial charge in [-0.2, -0.15) is 0 Å². The minimum Gasteiger partial charge on any atom is -0.412 e. The van der Waals surface area contributed by atoms with E-state index in [0.717, 1.165) is 16.1 Å². The van der Waals surface area contributed by atoms with Crippen LogP contribution in [0, 0.1) is 23.3 Å². The molecule has 7 aromatic rings. The highest BCUT2D eigenvalue weighted by atomic mass is 35.6. The Balaban J connectivity index is -0.000000790. The first kappa shape index (κ1) is 68.3. The summed E-state index contributed by atoms with van der Waals surface area (Å²) >= 11 is 61.7. The summed E-state index contributed by atoms with van der Waals surface area (Å²) < 4.78 is 46.8. The highest BCUT2D eigenvalue weighted by molar-refractivity contribution is 6.83. The van der Waals surface area contributed by atoms with Gasteiger partial charge in [0.25, 0.3) is 3.25 Å². The number of halogens is 15. The summed E-state index contributed by atoms with van der Waals surface area (Å²) in [5.74, 6) is -1.76. The lowest BCUT2D eigenvalue weighted by atomic mass is 10.0. The first-order valence-corrected chi connectivity index (χ1v) is 21.5. The lowest BCUT2D eigenvalue weighted by Crippen LogP contribution is -2.12. The van der Waals surface area contributed by atoms with Gasteiger partial charge in [0.05, 0.1) is 0 Å². The third-order valence-electron chi connectivity index (χ3n) is 7.77. The van der Waals surface area contributed by atoms with Crippen molar-refractivity contribution in [2.24, 2.45) is 0 Å². The van der Waals surface area contributed by atoms with Crippen molar-refractivity contribution >= 4 is 133 Å². The molecule has 0 radical (unpaired) electrons. The van der Waals surface area contributed by atoms with Crippen LogP contribution in [0.2, 0.25) is 15.1 Å². The van der Waals surface area contributed by atoms with Crippen LogP contribution in [0.15, 0.2) is 176 Å². The Kier molecular flexibility index (Phi) is 33.5. The minimum absolute atomic E-state index is 0. The Morgan fingerprint density at radius 2 is 0.522 bits per heavy atom. The van der Waals surface area contributed by atoms with E-state index in [-0.39, 0.29) is 52.6 Å². The van der Waals surface area contributed by atoms with E-state index >= 15 is 0 Å². The van der Waals surface area contributed by atoms with Gasteiger partial charge >= 0.3 is 0 Å². The quantitative estimate of drug-likeness (QED) is 0.0930. The van der Waals surface area contributed by atoms with Crippen molar-refractivity contribution < 1.29 is 27.8 Å². The maximum Gasteiger partial charge on any atom is 0.266 e. The zero-order valence-corrected chi connectivity index (χ0v) is 40.1. The van der Waals surface area contributed by atoms with Gasteiger partial charge in [0.1, 0.15) is 23.3 Å². The van der Waals surface area contributed by atoms with Gasteiger partial charge in [-0.3, -0.25) is 4.79 Å². The second-order valence-corrected chi connectivity index (χ2v) is 19.6. The molecular weight excluding hydrogens is 1100 g/mol. The predicted octanol–water partition coefficient (Wildman–Crippen LogP) is 20.1. The molecule has 0 aliphatic heterocycles. The molecule has 0 saturated heterocycles. The van der Waals surface area contributed by atoms with Crippen LogP contribution in [0.5, 0.6) is 0 Å². The van der Waals surface area contributed by atoms with Crippen LogP contribution in [-0.2, 0) is 8.67 Å². The third-order valence-corrected chi connectivity index (χ3v) is 10.3. The standard InChI is InChI=1S/C13H8Cl4.C13H8Cl2F2.C13H8F2O.C6H5Cl.CCl4.4CH4.H2O/c14-11-5-1-9(2-6-11)13(16,17)10-3-7-12(15)8-4-10;14-13(15,9-1-5-11(16)6-2-9)10-3-7-12(17)8-4-10;14-11-5-1-9(2-6-11)13(16)10-3-7-12(15)8-4-10;7-6-4-2-1-3-5-6;2-1(3,4)5;;;;;/h2*1-8H;1-8H;1-5H;;4*1H4;1H2. The fraction of sp³-hybridized carbons (Fsp3) is 0.140. The molecule has 7 rings (SSSR count). The highest BCUT2D eigenvalue weighted by Gasteiger charge is 2.30. The minimum atomic E-state index is -1.61. The molecule has 2 N–H and O–H groups in total. The Morgan fingerprint density at radius 3 is 0.731 bits per heavy atom. The SMILES string of the molecule is C.C.C.C.ClC(Cl)(Cl)Cl.Clc1ccc(C(Cl)(Cl)c2ccc(Cl)cc2)cc1.Clc1ccccc1.Fc1ccc(C(Cl)(Cl)c2ccc(F)cc2)cc1.O.O=C(c1ccc(F)cc1)c1ccc(F)cc1. The molecular formula is C50H47Cl11F4O2. The summed E-state index contributed by atoms with van der Waals surface area (Å²) in [7, 11) is 0. The van der Waals surface area contributed by atoms with Crippen LogP contribution >= 0.6 is 128 Å². The van der Waals surface area contributed by atoms with E-state index in [1.807, 2.05) is 30.3 Å². The first-order valence-electron chi connectivity index (χ1n) is 17.4. The van der Waals surface area contributed by atoms with Gasteiger partial charge in [0, 0.05) is 26.2 Å². The van der Waals surface area contributed by atoms with E-state index in [4.69, 9.17) is 128 Å². The van der Waals surface area contributed by atoms with Crippen molar-refractivity contribution in [1.29, 1.82) is 0 Å². The number of hydrogen-bond acceptors (Lipinski definition) is 1. The summed E-state index contributed by atoms with van der Waals surface area (Å²) in [5.41, 5.74) is 3.38. The molecule has 0 aliphatic carbocycles. The number of carbonyl (C=O) groups excluding carboxylic acids is 1. The molecule has 0 spiro atoms. The molecule has 0 bridgehead atoms. The Bertz CT molecular complexity index is 2160. The van der Waals surface area contributed by atoms with Gasteiger partial charge in [-0.05, 0) is 131 Å². The molecule has 2 nitrogen and oxygen atoms in total. The normalized spacial score (nSPS) is 10.1. The molecule has 0 aromatic heterocycles. The molecule has 0 heterocycles. The van der Waals surface area contributed by atoms with E-state index < -0.39 is 23.6 Å². The van der Waals surface area contributed by atoms with E-state index in [2.05, 4.69) is 0 Å². The largest absolute Gasteiger partial charge is 0.412 e. The summed E-state index contributed by atoms with van der Waals surface area (Å²) in [5, 5.41) is 2.09. The van der Waals surface area contributed by atoms with Crippen molar-refractivity contribution in [2.45, 2.75) is 41.6 Å². The smallest absolute Gasteiger partial charge is 0.266 e. The molecule has 7 aromatic carbocycles. The number of ketones is 1. The molecule has 0 fully saturated rings. The summed E-state index contributed by atoms with van der Waals surface area (Å²) in [6, 6.07) is 45.3. The maximum atomic E-state index is 12.8. The van der Waals surface area contributed by atoms with Crippen molar-refractivity contribution in [1.82, 2.24) is 0 Å². The van der Waals surface area contributed by atoms with Crippen LogP contribution in [0.3, 0.4) is 0 Å². The van der Waals surface area contributed by atoms with Crippen molar-refractivity contribution in [3.63, 3.8) is 0 Å². The van der Waals surface area contributed by atoms with Gasteiger partial charge in [0.2, 0.25) is 0 Å². The van der Waals surface area contributed by atoms with Gasteiger partial charge in [0.15, 0.2) is 14.4 Å². The van der Waals surface area contributed by atoms with E-state index in [1.165, 1.54) is 97.1 Å². The summed E-state index contributed by atoms with van der Waals surface area (Å²) in [6.07, 6.45) is 0. The van der Waals surface area contributed by atoms with Gasteiger partial charge in [-0.25, -0.2) is 17.6 Å². The molecule has 0 aliphatic rings. The molecule has 67 heavy (non-hydrogen) atoms. The Labute approximate surface area is 446 Å². The van der Waals surface area contributed by atoms with E-state index in [1.54, 1.807) is 48.5 Å². The van der Waals surface area contributed by atoms with Gasteiger partial charge < -0.3 is 5.48 Å². The van der Waals surface area contributed by atoms with Gasteiger partial charge in [-0.1, -0.05) is 224 Å². The second kappa shape index (κ2) is 32.8. The molecule has 364 valence electrons. The maximum absolute atomic E-state index is 12.8. The summed E-state index contributed by atoms with van der Waals surface area (Å²) in [4.78, 5) is 11.8. The number of alkyl halides is 8. The Morgan fingerprint density at radius 1 is 0.328 bits per heavy atom. The van der Waals surface area contributed by atoms with E-state index in [9.17, 15) is 22.4 Å². The van der Waals surface area contributed by atoms with Crippen LogP contribution in [-0.4, -0.2) is 14.5 Å². The monoisotopic (exact) mass is 1140 g/mol. The average molecular weight is 1150 g/mol. The number of hydrogen-bond donors (Lipinski definition) is 0. The van der Waals surface area contributed by atoms with Crippen LogP contribution in [0.4, 0.5) is 17.6 Å². The van der Waals surface area contributed by atoms with Crippen LogP contribution in [0.1, 0.15) is 67.9 Å². The van der Waals surface area contributed by atoms with Crippen LogP contribution in [0.25, 0.3) is 0 Å². The number of rotatable bonds is 6. The highest BCUT2D eigenvalue weighted by Crippen LogP contribution is 2.42. The first-order chi connectivity index (χ1) is 29.1. The molecule has 0 amide bonds. The Hall–Kier alpha value is -2.92. The van der Waals surface area contributed by atoms with Crippen molar-refractivity contribution in [3.05, 3.63) is 248 Å². The fourth-order valence-electron chi connectivity index (χ4n) is 4.75. The van der Waals surface area contributed by atoms with Crippen LogP contribution < -0.4 is 0 Å².